The van der Waals surface area contributed by atoms with Crippen molar-refractivity contribution in [2.45, 2.75) is 38.5 Å². The van der Waals surface area contributed by atoms with Crippen LogP contribution in [-0.2, 0) is 0 Å². The Labute approximate surface area is 101 Å². The number of rotatable bonds is 4. The molecule has 0 unspecified atom stereocenters. The third kappa shape index (κ3) is 2.64. The van der Waals surface area contributed by atoms with Crippen molar-refractivity contribution in [1.29, 1.82) is 0 Å². The van der Waals surface area contributed by atoms with Gasteiger partial charge in [0.15, 0.2) is 5.78 Å². The summed E-state index contributed by atoms with van der Waals surface area (Å²) in [6.07, 6.45) is 7.07. The van der Waals surface area contributed by atoms with Crippen LogP contribution in [0, 0.1) is 5.92 Å². The fourth-order valence-electron chi connectivity index (χ4n) is 2.41. The molecule has 1 fully saturated rings. The van der Waals surface area contributed by atoms with Gasteiger partial charge in [0.05, 0.1) is 7.11 Å². The van der Waals surface area contributed by atoms with Gasteiger partial charge < -0.3 is 4.74 Å². The van der Waals surface area contributed by atoms with Crippen LogP contribution >= 0.6 is 11.3 Å². The largest absolute Gasteiger partial charge is 0.495 e. The zero-order valence-electron chi connectivity index (χ0n) is 9.70. The number of hydrogen-bond acceptors (Lipinski definition) is 3. The molecule has 0 aliphatic heterocycles. The van der Waals surface area contributed by atoms with E-state index >= 15 is 0 Å². The minimum Gasteiger partial charge on any atom is -0.495 e. The molecule has 16 heavy (non-hydrogen) atoms. The Morgan fingerprint density at radius 1 is 1.44 bits per heavy atom. The Balaban J connectivity index is 1.96. The number of carbonyl (C=O) groups is 1. The maximum absolute atomic E-state index is 12.1. The van der Waals surface area contributed by atoms with E-state index in [-0.39, 0.29) is 5.78 Å². The molecule has 88 valence electrons. The van der Waals surface area contributed by atoms with Crippen LogP contribution in [0.25, 0.3) is 0 Å². The molecular weight excluding hydrogens is 220 g/mol. The van der Waals surface area contributed by atoms with Gasteiger partial charge in [-0.15, -0.1) is 11.3 Å². The molecule has 2 nitrogen and oxygen atoms in total. The second-order valence-corrected chi connectivity index (χ2v) is 5.37. The summed E-state index contributed by atoms with van der Waals surface area (Å²) < 4.78 is 5.19. The average Bonchev–Trinajstić information content (AvgIpc) is 2.78. The minimum absolute atomic E-state index is 0.263. The summed E-state index contributed by atoms with van der Waals surface area (Å²) >= 11 is 1.50. The van der Waals surface area contributed by atoms with Crippen molar-refractivity contribution in [1.82, 2.24) is 0 Å². The van der Waals surface area contributed by atoms with Gasteiger partial charge in [0.2, 0.25) is 0 Å². The highest BCUT2D eigenvalue weighted by Gasteiger charge is 2.20. The Bertz CT molecular complexity index is 351. The van der Waals surface area contributed by atoms with E-state index in [1.54, 1.807) is 7.11 Å². The smallest absolute Gasteiger partial charge is 0.176 e. The molecule has 1 aliphatic carbocycles. The summed E-state index contributed by atoms with van der Waals surface area (Å²) in [6, 6.07) is 1.87. The predicted octanol–water partition coefficient (Wildman–Crippen LogP) is 3.91. The molecule has 2 rings (SSSR count). The SMILES string of the molecule is COc1ccsc1C(=O)CC1CCCCC1. The number of methoxy groups -OCH3 is 1. The Morgan fingerprint density at radius 2 is 2.19 bits per heavy atom. The van der Waals surface area contributed by atoms with E-state index in [1.165, 1.54) is 43.4 Å². The van der Waals surface area contributed by atoms with Crippen LogP contribution in [0.15, 0.2) is 11.4 Å². The van der Waals surface area contributed by atoms with Crippen LogP contribution in [0.1, 0.15) is 48.2 Å². The van der Waals surface area contributed by atoms with E-state index < -0.39 is 0 Å². The first-order chi connectivity index (χ1) is 7.81. The molecule has 3 heteroatoms. The van der Waals surface area contributed by atoms with Crippen molar-refractivity contribution in [3.8, 4) is 5.75 Å². The van der Waals surface area contributed by atoms with Crippen molar-refractivity contribution >= 4 is 17.1 Å². The molecule has 0 amide bonds. The first-order valence-corrected chi connectivity index (χ1v) is 6.84. The maximum atomic E-state index is 12.1. The highest BCUT2D eigenvalue weighted by Crippen LogP contribution is 2.31. The first kappa shape index (κ1) is 11.6. The van der Waals surface area contributed by atoms with E-state index in [0.29, 0.717) is 12.3 Å². The van der Waals surface area contributed by atoms with Crippen molar-refractivity contribution in [2.24, 2.45) is 5.92 Å². The molecule has 0 radical (unpaired) electrons. The van der Waals surface area contributed by atoms with Crippen LogP contribution in [-0.4, -0.2) is 12.9 Å². The standard InChI is InChI=1S/C13H18O2S/c1-15-12-7-8-16-13(12)11(14)9-10-5-3-2-4-6-10/h7-8,10H,2-6,9H2,1H3. The molecule has 1 aromatic rings. The number of hydrogen-bond donors (Lipinski definition) is 0. The molecule has 0 saturated heterocycles. The zero-order chi connectivity index (χ0) is 11.4. The van der Waals surface area contributed by atoms with Gasteiger partial charge in [-0.1, -0.05) is 32.1 Å². The summed E-state index contributed by atoms with van der Waals surface area (Å²) in [4.78, 5) is 12.9. The third-order valence-electron chi connectivity index (χ3n) is 3.30. The predicted molar refractivity (Wildman–Crippen MR) is 66.4 cm³/mol. The van der Waals surface area contributed by atoms with E-state index in [4.69, 9.17) is 4.74 Å². The number of Topliss-reactive ketones (excluding diaryl/α,β-unsaturated/α-hetero) is 1. The Hall–Kier alpha value is -0.830. The molecule has 1 aliphatic rings. The lowest BCUT2D eigenvalue weighted by atomic mass is 9.85. The van der Waals surface area contributed by atoms with Gasteiger partial charge in [-0.05, 0) is 17.4 Å². The lowest BCUT2D eigenvalue weighted by Crippen LogP contribution is -2.11. The third-order valence-corrected chi connectivity index (χ3v) is 4.24. The van der Waals surface area contributed by atoms with Gasteiger partial charge in [-0.25, -0.2) is 0 Å². The highest BCUT2D eigenvalue weighted by molar-refractivity contribution is 7.12. The number of thiophene rings is 1. The maximum Gasteiger partial charge on any atom is 0.176 e. The fraction of sp³-hybridized carbons (Fsp3) is 0.615. The lowest BCUT2D eigenvalue weighted by molar-refractivity contribution is 0.0951. The van der Waals surface area contributed by atoms with E-state index in [1.807, 2.05) is 11.4 Å². The fourth-order valence-corrected chi connectivity index (χ4v) is 3.22. The molecule has 0 atom stereocenters. The van der Waals surface area contributed by atoms with Gasteiger partial charge in [-0.2, -0.15) is 0 Å². The zero-order valence-corrected chi connectivity index (χ0v) is 10.5. The summed E-state index contributed by atoms with van der Waals surface area (Å²) in [5, 5.41) is 1.92. The molecule has 0 aromatic carbocycles. The summed E-state index contributed by atoms with van der Waals surface area (Å²) in [5.74, 6) is 1.61. The van der Waals surface area contributed by atoms with Crippen LogP contribution in [0.3, 0.4) is 0 Å². The summed E-state index contributed by atoms with van der Waals surface area (Å²) in [6.45, 7) is 0. The first-order valence-electron chi connectivity index (χ1n) is 5.96. The lowest BCUT2D eigenvalue weighted by Gasteiger charge is -2.20. The normalized spacial score (nSPS) is 17.3. The van der Waals surface area contributed by atoms with Gasteiger partial charge >= 0.3 is 0 Å². The van der Waals surface area contributed by atoms with Gasteiger partial charge in [0.1, 0.15) is 10.6 Å². The second kappa shape index (κ2) is 5.48. The Kier molecular flexibility index (Phi) is 3.99. The monoisotopic (exact) mass is 238 g/mol. The van der Waals surface area contributed by atoms with E-state index in [2.05, 4.69) is 0 Å². The van der Waals surface area contributed by atoms with Crippen LogP contribution in [0.2, 0.25) is 0 Å². The summed E-state index contributed by atoms with van der Waals surface area (Å²) in [7, 11) is 1.62. The quantitative estimate of drug-likeness (QED) is 0.743. The molecule has 0 N–H and O–H groups in total. The molecule has 1 heterocycles. The van der Waals surface area contributed by atoms with Crippen molar-refractivity contribution < 1.29 is 9.53 Å². The minimum atomic E-state index is 0.263. The molecule has 1 saturated carbocycles. The molecular formula is C13H18O2S. The van der Waals surface area contributed by atoms with Crippen LogP contribution in [0.4, 0.5) is 0 Å². The average molecular weight is 238 g/mol. The van der Waals surface area contributed by atoms with E-state index in [9.17, 15) is 4.79 Å². The van der Waals surface area contributed by atoms with Crippen LogP contribution in [0.5, 0.6) is 5.75 Å². The summed E-state index contributed by atoms with van der Waals surface area (Å²) in [5.41, 5.74) is 0. The van der Waals surface area contributed by atoms with Crippen molar-refractivity contribution in [3.63, 3.8) is 0 Å². The van der Waals surface area contributed by atoms with Gasteiger partial charge in [0, 0.05) is 6.42 Å². The Morgan fingerprint density at radius 3 is 2.88 bits per heavy atom. The number of ether oxygens (including phenoxy) is 1. The van der Waals surface area contributed by atoms with Gasteiger partial charge in [0.25, 0.3) is 0 Å². The van der Waals surface area contributed by atoms with Crippen LogP contribution < -0.4 is 4.74 Å². The number of carbonyl (C=O) groups excluding carboxylic acids is 1. The highest BCUT2D eigenvalue weighted by atomic mass is 32.1. The molecule has 0 spiro atoms. The number of ketones is 1. The van der Waals surface area contributed by atoms with Crippen molar-refractivity contribution in [2.75, 3.05) is 7.11 Å². The molecule has 1 aromatic heterocycles. The molecule has 0 bridgehead atoms. The second-order valence-electron chi connectivity index (χ2n) is 4.45. The van der Waals surface area contributed by atoms with Gasteiger partial charge in [-0.3, -0.25) is 4.79 Å². The van der Waals surface area contributed by atoms with Crippen molar-refractivity contribution in [3.05, 3.63) is 16.3 Å². The topological polar surface area (TPSA) is 26.3 Å². The van der Waals surface area contributed by atoms with E-state index in [0.717, 1.165) is 10.6 Å².